The predicted molar refractivity (Wildman–Crippen MR) is 80.5 cm³/mol. The van der Waals surface area contributed by atoms with Gasteiger partial charge < -0.3 is 9.73 Å². The topological polar surface area (TPSA) is 71.3 Å². The quantitative estimate of drug-likeness (QED) is 0.913. The van der Waals surface area contributed by atoms with Crippen molar-refractivity contribution >= 4 is 34.8 Å². The summed E-state index contributed by atoms with van der Waals surface area (Å²) >= 11 is 11.7. The van der Waals surface area contributed by atoms with Crippen LogP contribution in [0.1, 0.15) is 11.8 Å². The molecule has 0 aliphatic heterocycles. The molecule has 0 radical (unpaired) electrons. The molecule has 0 aliphatic rings. The van der Waals surface area contributed by atoms with Gasteiger partial charge in [-0.1, -0.05) is 23.2 Å². The highest BCUT2D eigenvalue weighted by Gasteiger charge is 2.11. The smallest absolute Gasteiger partial charge is 0.238 e. The molecule has 21 heavy (non-hydrogen) atoms. The van der Waals surface area contributed by atoms with Crippen LogP contribution in [0.3, 0.4) is 0 Å². The van der Waals surface area contributed by atoms with Gasteiger partial charge in [-0.25, -0.2) is 0 Å². The minimum Gasteiger partial charge on any atom is -0.424 e. The van der Waals surface area contributed by atoms with Gasteiger partial charge in [0.25, 0.3) is 0 Å². The van der Waals surface area contributed by atoms with Gasteiger partial charge in [-0.2, -0.15) is 0 Å². The molecule has 1 aromatic carbocycles. The SMILES string of the molecule is Cc1nnc(CN(C)CC(=O)Nc2ccc(Cl)c(Cl)c2)o1. The van der Waals surface area contributed by atoms with Crippen LogP contribution < -0.4 is 5.32 Å². The Morgan fingerprint density at radius 1 is 1.33 bits per heavy atom. The fourth-order valence-corrected chi connectivity index (χ4v) is 2.01. The number of rotatable bonds is 5. The van der Waals surface area contributed by atoms with Crippen LogP contribution in [0.25, 0.3) is 0 Å². The van der Waals surface area contributed by atoms with E-state index in [4.69, 9.17) is 27.6 Å². The van der Waals surface area contributed by atoms with Crippen molar-refractivity contribution in [3.05, 3.63) is 40.0 Å². The third-order valence-corrected chi connectivity index (χ3v) is 3.33. The molecule has 0 bridgehead atoms. The van der Waals surface area contributed by atoms with E-state index in [1.165, 1.54) is 0 Å². The summed E-state index contributed by atoms with van der Waals surface area (Å²) in [5.41, 5.74) is 0.594. The summed E-state index contributed by atoms with van der Waals surface area (Å²) in [6.45, 7) is 2.30. The number of aromatic nitrogens is 2. The standard InChI is InChI=1S/C13H14Cl2N4O2/c1-8-17-18-13(21-8)7-19(2)6-12(20)16-9-3-4-10(14)11(15)5-9/h3-5H,6-7H2,1-2H3,(H,16,20). The van der Waals surface area contributed by atoms with Crippen molar-refractivity contribution < 1.29 is 9.21 Å². The Hall–Kier alpha value is -1.63. The monoisotopic (exact) mass is 328 g/mol. The van der Waals surface area contributed by atoms with Gasteiger partial charge in [0.05, 0.1) is 23.1 Å². The Morgan fingerprint density at radius 2 is 2.10 bits per heavy atom. The molecule has 2 rings (SSSR count). The van der Waals surface area contributed by atoms with Crippen molar-refractivity contribution in [1.29, 1.82) is 0 Å². The number of halogens is 2. The molecule has 1 heterocycles. The lowest BCUT2D eigenvalue weighted by Crippen LogP contribution is -2.29. The van der Waals surface area contributed by atoms with E-state index in [-0.39, 0.29) is 12.5 Å². The largest absolute Gasteiger partial charge is 0.424 e. The van der Waals surface area contributed by atoms with Crippen molar-refractivity contribution in [3.63, 3.8) is 0 Å². The number of nitrogens with one attached hydrogen (secondary N) is 1. The zero-order valence-electron chi connectivity index (χ0n) is 11.6. The van der Waals surface area contributed by atoms with Gasteiger partial charge >= 0.3 is 0 Å². The minimum absolute atomic E-state index is 0.174. The summed E-state index contributed by atoms with van der Waals surface area (Å²) in [5, 5.41) is 11.2. The number of amides is 1. The van der Waals surface area contributed by atoms with Crippen molar-refractivity contribution in [2.24, 2.45) is 0 Å². The first-order valence-corrected chi connectivity index (χ1v) is 6.92. The normalized spacial score (nSPS) is 10.9. The number of nitrogens with zero attached hydrogens (tertiary/aromatic N) is 3. The van der Waals surface area contributed by atoms with Crippen molar-refractivity contribution in [2.75, 3.05) is 18.9 Å². The second-order valence-electron chi connectivity index (χ2n) is 4.56. The third kappa shape index (κ3) is 4.70. The Balaban J connectivity index is 1.87. The summed E-state index contributed by atoms with van der Waals surface area (Å²) < 4.78 is 5.26. The zero-order chi connectivity index (χ0) is 15.4. The number of carbonyl (C=O) groups excluding carboxylic acids is 1. The van der Waals surface area contributed by atoms with Crippen LogP contribution in [-0.4, -0.2) is 34.6 Å². The number of carbonyl (C=O) groups is 1. The van der Waals surface area contributed by atoms with Gasteiger partial charge in [0, 0.05) is 12.6 Å². The van der Waals surface area contributed by atoms with Gasteiger partial charge in [-0.3, -0.25) is 9.69 Å². The third-order valence-electron chi connectivity index (χ3n) is 2.59. The van der Waals surface area contributed by atoms with E-state index in [0.29, 0.717) is 34.1 Å². The Kier molecular flexibility index (Phi) is 5.17. The average molecular weight is 329 g/mol. The summed E-state index contributed by atoms with van der Waals surface area (Å²) in [6, 6.07) is 4.92. The van der Waals surface area contributed by atoms with Crippen LogP contribution in [0.4, 0.5) is 5.69 Å². The number of aryl methyl sites for hydroxylation is 1. The van der Waals surface area contributed by atoms with E-state index in [1.807, 2.05) is 0 Å². The summed E-state index contributed by atoms with van der Waals surface area (Å²) in [4.78, 5) is 13.7. The molecule has 1 N–H and O–H groups in total. The molecular weight excluding hydrogens is 315 g/mol. The van der Waals surface area contributed by atoms with Crippen LogP contribution in [0.15, 0.2) is 22.6 Å². The average Bonchev–Trinajstić information content (AvgIpc) is 2.79. The van der Waals surface area contributed by atoms with Crippen molar-refractivity contribution in [2.45, 2.75) is 13.5 Å². The van der Waals surface area contributed by atoms with Gasteiger partial charge in [-0.05, 0) is 25.2 Å². The zero-order valence-corrected chi connectivity index (χ0v) is 13.1. The number of hydrogen-bond donors (Lipinski definition) is 1. The molecule has 0 saturated carbocycles. The summed E-state index contributed by atoms with van der Waals surface area (Å²) in [5.74, 6) is 0.795. The first-order chi connectivity index (χ1) is 9.94. The number of benzene rings is 1. The van der Waals surface area contributed by atoms with Crippen LogP contribution in [-0.2, 0) is 11.3 Å². The Bertz CT molecular complexity index is 645. The highest BCUT2D eigenvalue weighted by Crippen LogP contribution is 2.24. The van der Waals surface area contributed by atoms with E-state index in [1.54, 1.807) is 37.1 Å². The van der Waals surface area contributed by atoms with Crippen molar-refractivity contribution in [3.8, 4) is 0 Å². The molecule has 1 aromatic heterocycles. The molecule has 112 valence electrons. The number of likely N-dealkylation sites (N-methyl/N-ethyl adjacent to an activating group) is 1. The van der Waals surface area contributed by atoms with Crippen molar-refractivity contribution in [1.82, 2.24) is 15.1 Å². The lowest BCUT2D eigenvalue weighted by atomic mass is 10.3. The highest BCUT2D eigenvalue weighted by atomic mass is 35.5. The molecule has 1 amide bonds. The van der Waals surface area contributed by atoms with Gasteiger partial charge in [0.15, 0.2) is 0 Å². The molecule has 8 heteroatoms. The fraction of sp³-hybridized carbons (Fsp3) is 0.308. The van der Waals surface area contributed by atoms with Gasteiger partial charge in [0.1, 0.15) is 0 Å². The lowest BCUT2D eigenvalue weighted by molar-refractivity contribution is -0.117. The van der Waals surface area contributed by atoms with Gasteiger partial charge in [-0.15, -0.1) is 10.2 Å². The number of hydrogen-bond acceptors (Lipinski definition) is 5. The molecular formula is C13H14Cl2N4O2. The maximum absolute atomic E-state index is 11.9. The maximum Gasteiger partial charge on any atom is 0.238 e. The summed E-state index contributed by atoms with van der Waals surface area (Å²) in [6.07, 6.45) is 0. The number of anilines is 1. The first kappa shape index (κ1) is 15.8. The molecule has 0 fully saturated rings. The first-order valence-electron chi connectivity index (χ1n) is 6.16. The molecule has 0 aliphatic carbocycles. The fourth-order valence-electron chi connectivity index (χ4n) is 1.71. The van der Waals surface area contributed by atoms with E-state index < -0.39 is 0 Å². The van der Waals surface area contributed by atoms with Crippen LogP contribution >= 0.6 is 23.2 Å². The van der Waals surface area contributed by atoms with E-state index in [2.05, 4.69) is 15.5 Å². The molecule has 0 unspecified atom stereocenters. The predicted octanol–water partition coefficient (Wildman–Crippen LogP) is 2.76. The van der Waals surface area contributed by atoms with Crippen LogP contribution in [0, 0.1) is 6.92 Å². The maximum atomic E-state index is 11.9. The minimum atomic E-state index is -0.174. The Morgan fingerprint density at radius 3 is 2.71 bits per heavy atom. The van der Waals surface area contributed by atoms with E-state index in [0.717, 1.165) is 0 Å². The molecule has 0 atom stereocenters. The molecule has 2 aromatic rings. The lowest BCUT2D eigenvalue weighted by Gasteiger charge is -2.14. The Labute approximate surface area is 132 Å². The molecule has 0 spiro atoms. The van der Waals surface area contributed by atoms with Crippen LogP contribution in [0.5, 0.6) is 0 Å². The molecule has 0 saturated heterocycles. The van der Waals surface area contributed by atoms with E-state index >= 15 is 0 Å². The highest BCUT2D eigenvalue weighted by molar-refractivity contribution is 6.42. The second kappa shape index (κ2) is 6.89. The van der Waals surface area contributed by atoms with Gasteiger partial charge in [0.2, 0.25) is 17.7 Å². The van der Waals surface area contributed by atoms with E-state index in [9.17, 15) is 4.79 Å². The van der Waals surface area contributed by atoms with Crippen LogP contribution in [0.2, 0.25) is 10.0 Å². The summed E-state index contributed by atoms with van der Waals surface area (Å²) in [7, 11) is 1.79. The second-order valence-corrected chi connectivity index (χ2v) is 5.38. The molecule has 6 nitrogen and oxygen atoms in total.